The Hall–Kier alpha value is -2.42. The minimum Gasteiger partial charge on any atom is -0.326 e. The van der Waals surface area contributed by atoms with E-state index < -0.39 is 0 Å². The molecule has 0 spiro atoms. The number of amides is 2. The van der Waals surface area contributed by atoms with Crippen LogP contribution in [-0.4, -0.2) is 28.3 Å². The van der Waals surface area contributed by atoms with Crippen molar-refractivity contribution in [2.75, 3.05) is 11.1 Å². The average molecular weight is 442 g/mol. The SMILES string of the molecule is CC(=O)Nc1ccc(SCC(=O)N2N=C(c3cccs3)C[C@@H]2c2cccs2)cc1. The Bertz CT molecular complexity index is 1010. The van der Waals surface area contributed by atoms with E-state index in [1.165, 1.54) is 18.7 Å². The highest BCUT2D eigenvalue weighted by molar-refractivity contribution is 8.00. The van der Waals surface area contributed by atoms with Crippen LogP contribution < -0.4 is 5.32 Å². The van der Waals surface area contributed by atoms with E-state index in [4.69, 9.17) is 0 Å². The number of carbonyl (C=O) groups is 2. The van der Waals surface area contributed by atoms with Gasteiger partial charge in [0.1, 0.15) is 0 Å². The average Bonchev–Trinajstić information content (AvgIpc) is 3.47. The van der Waals surface area contributed by atoms with Gasteiger partial charge in [-0.2, -0.15) is 5.10 Å². The maximum absolute atomic E-state index is 13.0. The second-order valence-corrected chi connectivity index (χ2v) is 9.47. The first-order valence-electron chi connectivity index (χ1n) is 9.07. The third kappa shape index (κ3) is 4.77. The van der Waals surface area contributed by atoms with Crippen LogP contribution in [0.3, 0.4) is 0 Å². The highest BCUT2D eigenvalue weighted by Gasteiger charge is 2.33. The third-order valence-corrected chi connectivity index (χ3v) is 7.27. The van der Waals surface area contributed by atoms with Crippen LogP contribution in [-0.2, 0) is 9.59 Å². The normalized spacial score (nSPS) is 16.0. The summed E-state index contributed by atoms with van der Waals surface area (Å²) in [6, 6.07) is 15.6. The molecule has 1 aliphatic heterocycles. The van der Waals surface area contributed by atoms with E-state index in [0.29, 0.717) is 5.75 Å². The summed E-state index contributed by atoms with van der Waals surface area (Å²) in [4.78, 5) is 27.4. The molecule has 0 saturated heterocycles. The third-order valence-electron chi connectivity index (χ3n) is 4.38. The van der Waals surface area contributed by atoms with Crippen LogP contribution in [0.5, 0.6) is 0 Å². The molecule has 148 valence electrons. The van der Waals surface area contributed by atoms with Crippen LogP contribution in [0, 0.1) is 0 Å². The number of thiophene rings is 2. The number of hydrogen-bond acceptors (Lipinski definition) is 6. The molecular weight excluding hydrogens is 422 g/mol. The molecule has 8 heteroatoms. The van der Waals surface area contributed by atoms with Crippen molar-refractivity contribution in [3.63, 3.8) is 0 Å². The van der Waals surface area contributed by atoms with Crippen molar-refractivity contribution in [2.45, 2.75) is 24.3 Å². The van der Waals surface area contributed by atoms with Gasteiger partial charge in [0.2, 0.25) is 5.91 Å². The number of hydrazone groups is 1. The second kappa shape index (κ2) is 8.94. The van der Waals surface area contributed by atoms with E-state index in [9.17, 15) is 9.59 Å². The molecule has 0 fully saturated rings. The van der Waals surface area contributed by atoms with E-state index in [1.807, 2.05) is 53.2 Å². The van der Waals surface area contributed by atoms with Crippen LogP contribution in [0.25, 0.3) is 0 Å². The van der Waals surface area contributed by atoms with E-state index >= 15 is 0 Å². The van der Waals surface area contributed by atoms with Crippen molar-refractivity contribution in [2.24, 2.45) is 5.10 Å². The first kappa shape index (κ1) is 19.9. The lowest BCUT2D eigenvalue weighted by Crippen LogP contribution is -2.28. The van der Waals surface area contributed by atoms with Crippen molar-refractivity contribution in [3.8, 4) is 0 Å². The number of hydrogen-bond donors (Lipinski definition) is 1. The maximum atomic E-state index is 13.0. The van der Waals surface area contributed by atoms with Gasteiger partial charge in [0, 0.05) is 28.8 Å². The molecule has 5 nitrogen and oxygen atoms in total. The summed E-state index contributed by atoms with van der Waals surface area (Å²) >= 11 is 4.78. The molecule has 1 aliphatic rings. The first-order valence-corrected chi connectivity index (χ1v) is 11.8. The molecule has 3 heterocycles. The van der Waals surface area contributed by atoms with Crippen LogP contribution >= 0.6 is 34.4 Å². The molecule has 0 unspecified atom stereocenters. The molecule has 2 amide bonds. The summed E-state index contributed by atoms with van der Waals surface area (Å²) in [6.45, 7) is 1.48. The quantitative estimate of drug-likeness (QED) is 0.532. The van der Waals surface area contributed by atoms with Crippen molar-refractivity contribution in [3.05, 3.63) is 69.0 Å². The Morgan fingerprint density at radius 3 is 2.55 bits per heavy atom. The Kier molecular flexibility index (Phi) is 6.13. The van der Waals surface area contributed by atoms with Crippen molar-refractivity contribution >= 4 is 57.6 Å². The highest BCUT2D eigenvalue weighted by atomic mass is 32.2. The lowest BCUT2D eigenvalue weighted by atomic mass is 10.1. The lowest BCUT2D eigenvalue weighted by molar-refractivity contribution is -0.130. The van der Waals surface area contributed by atoms with Crippen LogP contribution in [0.1, 0.15) is 29.1 Å². The Morgan fingerprint density at radius 1 is 1.14 bits per heavy atom. The van der Waals surface area contributed by atoms with Gasteiger partial charge in [0.15, 0.2) is 0 Å². The minimum absolute atomic E-state index is 0.00843. The molecule has 0 aliphatic carbocycles. The zero-order chi connectivity index (χ0) is 20.2. The summed E-state index contributed by atoms with van der Waals surface area (Å²) in [5.41, 5.74) is 1.71. The predicted molar refractivity (Wildman–Crippen MR) is 121 cm³/mol. The van der Waals surface area contributed by atoms with E-state index in [2.05, 4.69) is 16.5 Å². The summed E-state index contributed by atoms with van der Waals surface area (Å²) < 4.78 is 0. The van der Waals surface area contributed by atoms with Gasteiger partial charge >= 0.3 is 0 Å². The van der Waals surface area contributed by atoms with Gasteiger partial charge < -0.3 is 5.32 Å². The fraction of sp³-hybridized carbons (Fsp3) is 0.190. The number of nitrogens with one attached hydrogen (secondary N) is 1. The molecule has 0 radical (unpaired) electrons. The number of benzene rings is 1. The standard InChI is InChI=1S/C21H19N3O2S3/c1-14(25)22-15-6-8-16(9-7-15)29-13-21(26)24-18(20-5-3-11-28-20)12-17(23-24)19-4-2-10-27-19/h2-11,18H,12-13H2,1H3,(H,22,25)/t18-/m1/s1. The van der Waals surface area contributed by atoms with E-state index in [1.54, 1.807) is 27.7 Å². The second-order valence-electron chi connectivity index (χ2n) is 6.49. The topological polar surface area (TPSA) is 61.8 Å². The number of carbonyl (C=O) groups excluding carboxylic acids is 2. The summed E-state index contributed by atoms with van der Waals surface area (Å²) in [5, 5.41) is 13.1. The van der Waals surface area contributed by atoms with Gasteiger partial charge in [-0.25, -0.2) is 5.01 Å². The number of nitrogens with zero attached hydrogens (tertiary/aromatic N) is 2. The Morgan fingerprint density at radius 2 is 1.90 bits per heavy atom. The molecule has 0 saturated carbocycles. The number of rotatable bonds is 6. The zero-order valence-corrected chi connectivity index (χ0v) is 18.2. The first-order chi connectivity index (χ1) is 14.1. The van der Waals surface area contributed by atoms with Crippen molar-refractivity contribution < 1.29 is 9.59 Å². The molecule has 0 bridgehead atoms. The Labute approximate surface area is 181 Å². The van der Waals surface area contributed by atoms with Gasteiger partial charge in [-0.15, -0.1) is 34.4 Å². The molecule has 29 heavy (non-hydrogen) atoms. The van der Waals surface area contributed by atoms with Gasteiger partial charge in [0.05, 0.1) is 22.4 Å². The smallest absolute Gasteiger partial charge is 0.253 e. The predicted octanol–water partition coefficient (Wildman–Crippen LogP) is 5.24. The summed E-state index contributed by atoms with van der Waals surface area (Å²) in [7, 11) is 0. The van der Waals surface area contributed by atoms with Crippen LogP contribution in [0.4, 0.5) is 5.69 Å². The monoisotopic (exact) mass is 441 g/mol. The van der Waals surface area contributed by atoms with Gasteiger partial charge in [-0.05, 0) is 47.2 Å². The van der Waals surface area contributed by atoms with E-state index in [-0.39, 0.29) is 17.9 Å². The molecule has 2 aromatic heterocycles. The fourth-order valence-electron chi connectivity index (χ4n) is 3.08. The molecule has 3 aromatic rings. The summed E-state index contributed by atoms with van der Waals surface area (Å²) in [6.07, 6.45) is 0.739. The minimum atomic E-state index is -0.103. The van der Waals surface area contributed by atoms with Gasteiger partial charge in [-0.3, -0.25) is 9.59 Å². The molecule has 4 rings (SSSR count). The van der Waals surface area contributed by atoms with Crippen molar-refractivity contribution in [1.82, 2.24) is 5.01 Å². The fourth-order valence-corrected chi connectivity index (χ4v) is 5.37. The molecular formula is C21H19N3O2S3. The van der Waals surface area contributed by atoms with Crippen molar-refractivity contribution in [1.29, 1.82) is 0 Å². The number of thioether (sulfide) groups is 1. The largest absolute Gasteiger partial charge is 0.326 e. The van der Waals surface area contributed by atoms with Gasteiger partial charge in [-0.1, -0.05) is 12.1 Å². The number of anilines is 1. The summed E-state index contributed by atoms with van der Waals surface area (Å²) in [5.74, 6) is 0.197. The molecule has 1 N–H and O–H groups in total. The molecule has 1 aromatic carbocycles. The zero-order valence-electron chi connectivity index (χ0n) is 15.7. The van der Waals surface area contributed by atoms with E-state index in [0.717, 1.165) is 32.5 Å². The lowest BCUT2D eigenvalue weighted by Gasteiger charge is -2.20. The maximum Gasteiger partial charge on any atom is 0.253 e. The van der Waals surface area contributed by atoms with Crippen LogP contribution in [0.15, 0.2) is 69.3 Å². The molecule has 1 atom stereocenters. The Balaban J connectivity index is 1.45. The highest BCUT2D eigenvalue weighted by Crippen LogP contribution is 2.36. The van der Waals surface area contributed by atoms with Gasteiger partial charge in [0.25, 0.3) is 5.91 Å². The van der Waals surface area contributed by atoms with Crippen LogP contribution in [0.2, 0.25) is 0 Å².